The Morgan fingerprint density at radius 3 is 3.04 bits per heavy atom. The van der Waals surface area contributed by atoms with Gasteiger partial charge in [-0.25, -0.2) is 9.97 Å². The number of hydrogen-bond acceptors (Lipinski definition) is 5. The molecule has 1 N–H and O–H groups in total. The average Bonchev–Trinajstić information content (AvgIpc) is 3.34. The van der Waals surface area contributed by atoms with Crippen LogP contribution in [0.2, 0.25) is 0 Å². The van der Waals surface area contributed by atoms with Crippen molar-refractivity contribution in [1.29, 1.82) is 0 Å². The number of carbonyl (C=O) groups is 1. The van der Waals surface area contributed by atoms with Crippen LogP contribution in [-0.2, 0) is 6.54 Å². The number of thiazole rings is 1. The number of rotatable bonds is 4. The van der Waals surface area contributed by atoms with Crippen molar-refractivity contribution in [2.24, 2.45) is 0 Å². The van der Waals surface area contributed by atoms with Crippen molar-refractivity contribution in [3.05, 3.63) is 68.5 Å². The number of likely N-dealkylation sites (tertiary alicyclic amines) is 1. The Morgan fingerprint density at radius 1 is 1.37 bits per heavy atom. The Morgan fingerprint density at radius 2 is 2.26 bits per heavy atom. The lowest BCUT2D eigenvalue weighted by molar-refractivity contribution is 0.0701. The lowest BCUT2D eigenvalue weighted by Gasteiger charge is -2.32. The van der Waals surface area contributed by atoms with Gasteiger partial charge in [0.05, 0.1) is 17.7 Å². The highest BCUT2D eigenvalue weighted by atomic mass is 32.1. The summed E-state index contributed by atoms with van der Waals surface area (Å²) < 4.78 is 2.10. The normalized spacial score (nSPS) is 17.2. The summed E-state index contributed by atoms with van der Waals surface area (Å²) in [6.45, 7) is 3.71. The molecule has 7 nitrogen and oxygen atoms in total. The number of nitrogens with one attached hydrogen (secondary N) is 1. The van der Waals surface area contributed by atoms with E-state index in [1.165, 1.54) is 0 Å². The first kappa shape index (κ1) is 17.7. The fraction of sp³-hybridized carbons (Fsp3) is 0.368. The molecule has 1 unspecified atom stereocenters. The molecule has 1 amide bonds. The van der Waals surface area contributed by atoms with Crippen molar-refractivity contribution < 1.29 is 4.79 Å². The standard InChI is InChI=1S/C19H21N5O2S/c1-13-4-5-16(18(25)22-13)19(26)24-7-2-3-14(9-24)17-20-6-8-23(17)10-15-11-27-12-21-15/h4-6,8,11-12,14H,2-3,7,9-10H2,1H3,(H,22,25). The minimum Gasteiger partial charge on any atom is -0.338 e. The van der Waals surface area contributed by atoms with Crippen LogP contribution < -0.4 is 5.56 Å². The molecule has 4 rings (SSSR count). The Labute approximate surface area is 160 Å². The summed E-state index contributed by atoms with van der Waals surface area (Å²) in [4.78, 5) is 38.4. The molecule has 140 valence electrons. The maximum absolute atomic E-state index is 12.9. The number of aryl methyl sites for hydroxylation is 1. The zero-order valence-corrected chi connectivity index (χ0v) is 15.9. The maximum atomic E-state index is 12.9. The van der Waals surface area contributed by atoms with Crippen LogP contribution in [0.5, 0.6) is 0 Å². The number of aromatic amines is 1. The van der Waals surface area contributed by atoms with Gasteiger partial charge in [-0.1, -0.05) is 0 Å². The van der Waals surface area contributed by atoms with Crippen molar-refractivity contribution in [2.75, 3.05) is 13.1 Å². The predicted molar refractivity (Wildman–Crippen MR) is 103 cm³/mol. The molecular formula is C19H21N5O2S. The van der Waals surface area contributed by atoms with Crippen LogP contribution in [0.25, 0.3) is 0 Å². The molecule has 0 aliphatic carbocycles. The van der Waals surface area contributed by atoms with E-state index in [4.69, 9.17) is 0 Å². The van der Waals surface area contributed by atoms with E-state index in [2.05, 4.69) is 19.5 Å². The molecule has 0 aromatic carbocycles. The van der Waals surface area contributed by atoms with Gasteiger partial charge in [0.25, 0.3) is 11.5 Å². The Bertz CT molecular complexity index is 992. The molecular weight excluding hydrogens is 362 g/mol. The second-order valence-corrected chi connectivity index (χ2v) is 7.59. The molecule has 1 aliphatic heterocycles. The Balaban J connectivity index is 1.53. The van der Waals surface area contributed by atoms with Crippen molar-refractivity contribution in [2.45, 2.75) is 32.2 Å². The molecule has 0 saturated carbocycles. The zero-order chi connectivity index (χ0) is 18.8. The molecule has 0 spiro atoms. The first-order valence-corrected chi connectivity index (χ1v) is 9.93. The molecule has 27 heavy (non-hydrogen) atoms. The Hall–Kier alpha value is -2.74. The third-order valence-electron chi connectivity index (χ3n) is 4.92. The van der Waals surface area contributed by atoms with Crippen molar-refractivity contribution in [3.63, 3.8) is 0 Å². The van der Waals surface area contributed by atoms with Crippen molar-refractivity contribution in [1.82, 2.24) is 24.4 Å². The van der Waals surface area contributed by atoms with Crippen LogP contribution in [0.4, 0.5) is 0 Å². The molecule has 1 saturated heterocycles. The topological polar surface area (TPSA) is 83.9 Å². The Kier molecular flexibility index (Phi) is 4.89. The quantitative estimate of drug-likeness (QED) is 0.750. The number of carbonyl (C=O) groups excluding carboxylic acids is 1. The second kappa shape index (κ2) is 7.48. The zero-order valence-electron chi connectivity index (χ0n) is 15.1. The second-order valence-electron chi connectivity index (χ2n) is 6.87. The van der Waals surface area contributed by atoms with Gasteiger partial charge in [-0.3, -0.25) is 9.59 Å². The maximum Gasteiger partial charge on any atom is 0.260 e. The minimum atomic E-state index is -0.327. The van der Waals surface area contributed by atoms with Gasteiger partial charge in [0.15, 0.2) is 0 Å². The van der Waals surface area contributed by atoms with E-state index in [0.29, 0.717) is 19.6 Å². The highest BCUT2D eigenvalue weighted by Crippen LogP contribution is 2.27. The van der Waals surface area contributed by atoms with Crippen LogP contribution >= 0.6 is 11.3 Å². The van der Waals surface area contributed by atoms with Crippen molar-refractivity contribution >= 4 is 17.2 Å². The van der Waals surface area contributed by atoms with Gasteiger partial charge < -0.3 is 14.5 Å². The van der Waals surface area contributed by atoms with E-state index in [0.717, 1.165) is 30.1 Å². The molecule has 3 aromatic heterocycles. The molecule has 1 atom stereocenters. The number of nitrogens with zero attached hydrogens (tertiary/aromatic N) is 4. The molecule has 1 fully saturated rings. The largest absolute Gasteiger partial charge is 0.338 e. The van der Waals surface area contributed by atoms with E-state index in [-0.39, 0.29) is 22.9 Å². The fourth-order valence-electron chi connectivity index (χ4n) is 3.59. The molecule has 0 radical (unpaired) electrons. The van der Waals surface area contributed by atoms with Crippen molar-refractivity contribution in [3.8, 4) is 0 Å². The fourth-order valence-corrected chi connectivity index (χ4v) is 4.14. The van der Waals surface area contributed by atoms with E-state index in [9.17, 15) is 9.59 Å². The van der Waals surface area contributed by atoms with Crippen LogP contribution in [0, 0.1) is 6.92 Å². The van der Waals surface area contributed by atoms with Gasteiger partial charge in [-0.15, -0.1) is 11.3 Å². The van der Waals surface area contributed by atoms with Crippen LogP contribution in [0.1, 0.15) is 46.3 Å². The predicted octanol–water partition coefficient (Wildman–Crippen LogP) is 2.40. The third-order valence-corrected chi connectivity index (χ3v) is 5.56. The number of pyridine rings is 1. The molecule has 8 heteroatoms. The number of imidazole rings is 1. The van der Waals surface area contributed by atoms with E-state index in [1.54, 1.807) is 41.5 Å². The van der Waals surface area contributed by atoms with Crippen LogP contribution in [0.3, 0.4) is 0 Å². The third kappa shape index (κ3) is 3.71. The van der Waals surface area contributed by atoms with Crippen LogP contribution in [-0.4, -0.2) is 43.4 Å². The lowest BCUT2D eigenvalue weighted by Crippen LogP contribution is -2.41. The monoisotopic (exact) mass is 383 g/mol. The highest BCUT2D eigenvalue weighted by molar-refractivity contribution is 7.07. The first-order chi connectivity index (χ1) is 13.1. The van der Waals surface area contributed by atoms with Gasteiger partial charge >= 0.3 is 0 Å². The summed E-state index contributed by atoms with van der Waals surface area (Å²) in [5.41, 5.74) is 3.46. The van der Waals surface area contributed by atoms with Crippen LogP contribution in [0.15, 0.2) is 40.2 Å². The number of H-pyrrole nitrogens is 1. The smallest absolute Gasteiger partial charge is 0.260 e. The summed E-state index contributed by atoms with van der Waals surface area (Å²) in [5, 5.41) is 2.03. The van der Waals surface area contributed by atoms with E-state index < -0.39 is 0 Å². The molecule has 4 heterocycles. The summed E-state index contributed by atoms with van der Waals surface area (Å²) in [5.74, 6) is 0.915. The van der Waals surface area contributed by atoms with Gasteiger partial charge in [0.2, 0.25) is 0 Å². The van der Waals surface area contributed by atoms with Gasteiger partial charge in [0.1, 0.15) is 11.4 Å². The van der Waals surface area contributed by atoms with E-state index in [1.807, 2.05) is 17.1 Å². The molecule has 3 aromatic rings. The minimum absolute atomic E-state index is 0.154. The number of hydrogen-bond donors (Lipinski definition) is 1. The lowest BCUT2D eigenvalue weighted by atomic mass is 9.96. The summed E-state index contributed by atoms with van der Waals surface area (Å²) in [7, 11) is 0. The summed E-state index contributed by atoms with van der Waals surface area (Å²) in [6.07, 6.45) is 5.62. The van der Waals surface area contributed by atoms with Gasteiger partial charge in [0, 0.05) is 42.5 Å². The average molecular weight is 383 g/mol. The molecule has 0 bridgehead atoms. The van der Waals surface area contributed by atoms with Gasteiger partial charge in [-0.05, 0) is 31.9 Å². The SMILES string of the molecule is Cc1ccc(C(=O)N2CCCC(c3nccn3Cc3cscn3)C2)c(=O)[nH]1. The first-order valence-electron chi connectivity index (χ1n) is 8.99. The summed E-state index contributed by atoms with van der Waals surface area (Å²) >= 11 is 1.58. The molecule has 1 aliphatic rings. The van der Waals surface area contributed by atoms with Gasteiger partial charge in [-0.2, -0.15) is 0 Å². The summed E-state index contributed by atoms with van der Waals surface area (Å²) in [6, 6.07) is 3.37. The number of aromatic nitrogens is 4. The highest BCUT2D eigenvalue weighted by Gasteiger charge is 2.29. The van der Waals surface area contributed by atoms with E-state index >= 15 is 0 Å². The number of piperidine rings is 1. The number of amides is 1.